The van der Waals surface area contributed by atoms with Crippen LogP contribution in [0.1, 0.15) is 61.3 Å². The van der Waals surface area contributed by atoms with E-state index in [0.717, 1.165) is 22.5 Å². The molecule has 0 saturated carbocycles. The Bertz CT molecular complexity index is 1400. The Hall–Kier alpha value is -2.74. The van der Waals surface area contributed by atoms with Gasteiger partial charge < -0.3 is 0 Å². The fourth-order valence-corrected chi connectivity index (χ4v) is 6.94. The summed E-state index contributed by atoms with van der Waals surface area (Å²) in [5.74, 6) is 0.0794. The van der Waals surface area contributed by atoms with Gasteiger partial charge in [0, 0.05) is 29.9 Å². The summed E-state index contributed by atoms with van der Waals surface area (Å²) in [6.45, 7) is 9.55. The average Bonchev–Trinajstić information content (AvgIpc) is 3.14. The standard InChI is InChI=1S/C24H29N3O4S/c1-15(2)26-21-11-18(22(28)12-24(5)8-9-32(30,31)14-24)6-7-19(21)27(23(26)29)20-10-17(4)25-13-16(20)3/h6-7,10-11,13,15H,8-9,12,14H2,1-5H3/t24-/m0/s1. The van der Waals surface area contributed by atoms with Gasteiger partial charge in [-0.25, -0.2) is 13.2 Å². The smallest absolute Gasteiger partial charge is 0.294 e. The molecule has 0 unspecified atom stereocenters. The molecule has 0 aliphatic carbocycles. The van der Waals surface area contributed by atoms with Crippen molar-refractivity contribution in [3.05, 3.63) is 57.8 Å². The van der Waals surface area contributed by atoms with Crippen LogP contribution < -0.4 is 5.69 Å². The van der Waals surface area contributed by atoms with E-state index in [1.165, 1.54) is 0 Å². The van der Waals surface area contributed by atoms with E-state index >= 15 is 0 Å². The number of pyridine rings is 1. The third-order valence-corrected chi connectivity index (χ3v) is 8.30. The summed E-state index contributed by atoms with van der Waals surface area (Å²) in [6.07, 6.45) is 2.42. The van der Waals surface area contributed by atoms with Crippen molar-refractivity contribution in [2.75, 3.05) is 11.5 Å². The lowest BCUT2D eigenvalue weighted by atomic mass is 9.83. The minimum atomic E-state index is -3.08. The van der Waals surface area contributed by atoms with Crippen molar-refractivity contribution in [3.63, 3.8) is 0 Å². The molecule has 2 aromatic heterocycles. The van der Waals surface area contributed by atoms with Gasteiger partial charge in [-0.2, -0.15) is 0 Å². The average molecular weight is 456 g/mol. The van der Waals surface area contributed by atoms with Crippen LogP contribution in [0.2, 0.25) is 0 Å². The zero-order valence-corrected chi connectivity index (χ0v) is 20.0. The van der Waals surface area contributed by atoms with Crippen LogP contribution in [0, 0.1) is 19.3 Å². The number of Topliss-reactive ketones (excluding diaryl/α,β-unsaturated/α-hetero) is 1. The van der Waals surface area contributed by atoms with Crippen molar-refractivity contribution in [3.8, 4) is 5.69 Å². The summed E-state index contributed by atoms with van der Waals surface area (Å²) in [5.41, 5.74) is 3.68. The second-order valence-corrected chi connectivity index (χ2v) is 11.8. The molecule has 170 valence electrons. The van der Waals surface area contributed by atoms with Gasteiger partial charge in [-0.05, 0) is 69.4 Å². The summed E-state index contributed by atoms with van der Waals surface area (Å²) in [7, 11) is -3.08. The van der Waals surface area contributed by atoms with Gasteiger partial charge >= 0.3 is 5.69 Å². The van der Waals surface area contributed by atoms with Crippen LogP contribution in [-0.2, 0) is 9.84 Å². The molecule has 0 N–H and O–H groups in total. The van der Waals surface area contributed by atoms with Crippen LogP contribution in [0.25, 0.3) is 16.7 Å². The first kappa shape index (κ1) is 22.5. The Morgan fingerprint density at radius 2 is 1.91 bits per heavy atom. The fourth-order valence-electron chi connectivity index (χ4n) is 4.69. The van der Waals surface area contributed by atoms with Crippen LogP contribution >= 0.6 is 0 Å². The molecule has 1 saturated heterocycles. The second-order valence-electron chi connectivity index (χ2n) is 9.65. The van der Waals surface area contributed by atoms with Crippen LogP contribution in [0.5, 0.6) is 0 Å². The summed E-state index contributed by atoms with van der Waals surface area (Å²) >= 11 is 0. The number of aryl methyl sites for hydroxylation is 2. The van der Waals surface area contributed by atoms with Gasteiger partial charge in [0.2, 0.25) is 0 Å². The molecule has 8 heteroatoms. The van der Waals surface area contributed by atoms with Gasteiger partial charge in [0.05, 0.1) is 28.2 Å². The Morgan fingerprint density at radius 3 is 2.53 bits per heavy atom. The number of carbonyl (C=O) groups is 1. The molecule has 1 aliphatic rings. The molecule has 3 heterocycles. The van der Waals surface area contributed by atoms with Crippen molar-refractivity contribution in [1.82, 2.24) is 14.1 Å². The molecular weight excluding hydrogens is 426 g/mol. The number of imidazole rings is 1. The highest BCUT2D eigenvalue weighted by Gasteiger charge is 2.40. The summed E-state index contributed by atoms with van der Waals surface area (Å²) in [4.78, 5) is 30.8. The molecule has 0 radical (unpaired) electrons. The molecule has 1 fully saturated rings. The number of carbonyl (C=O) groups excluding carboxylic acids is 1. The molecule has 32 heavy (non-hydrogen) atoms. The van der Waals surface area contributed by atoms with Gasteiger partial charge in [0.25, 0.3) is 0 Å². The van der Waals surface area contributed by atoms with E-state index < -0.39 is 15.3 Å². The molecule has 1 aliphatic heterocycles. The zero-order chi connectivity index (χ0) is 23.4. The largest absolute Gasteiger partial charge is 0.333 e. The van der Waals surface area contributed by atoms with E-state index in [1.807, 2.05) is 46.8 Å². The topological polar surface area (TPSA) is 91.0 Å². The molecule has 1 atom stereocenters. The highest BCUT2D eigenvalue weighted by atomic mass is 32.2. The lowest BCUT2D eigenvalue weighted by molar-refractivity contribution is 0.0934. The van der Waals surface area contributed by atoms with Crippen molar-refractivity contribution in [2.45, 2.75) is 53.5 Å². The number of rotatable bonds is 5. The van der Waals surface area contributed by atoms with Crippen LogP contribution in [0.3, 0.4) is 0 Å². The Kier molecular flexibility index (Phi) is 5.40. The van der Waals surface area contributed by atoms with Crippen molar-refractivity contribution in [1.29, 1.82) is 0 Å². The number of nitrogens with zero attached hydrogens (tertiary/aromatic N) is 3. The third kappa shape index (κ3) is 3.92. The first-order chi connectivity index (χ1) is 14.9. The normalized spacial score (nSPS) is 20.3. The van der Waals surface area contributed by atoms with Gasteiger partial charge in [-0.3, -0.25) is 18.9 Å². The lowest BCUT2D eigenvalue weighted by Crippen LogP contribution is -2.25. The van der Waals surface area contributed by atoms with Gasteiger partial charge in [-0.1, -0.05) is 6.92 Å². The molecule has 4 rings (SSSR count). The minimum Gasteiger partial charge on any atom is -0.294 e. The number of sulfone groups is 1. The Morgan fingerprint density at radius 1 is 1.19 bits per heavy atom. The molecule has 7 nitrogen and oxygen atoms in total. The molecular formula is C24H29N3O4S. The summed E-state index contributed by atoms with van der Waals surface area (Å²) < 4.78 is 27.2. The highest BCUT2D eigenvalue weighted by molar-refractivity contribution is 7.91. The quantitative estimate of drug-likeness (QED) is 0.546. The van der Waals surface area contributed by atoms with Gasteiger partial charge in [-0.15, -0.1) is 0 Å². The third-order valence-electron chi connectivity index (χ3n) is 6.34. The van der Waals surface area contributed by atoms with E-state index in [2.05, 4.69) is 4.98 Å². The number of benzene rings is 1. The Labute approximate surface area is 188 Å². The molecule has 0 bridgehead atoms. The van der Waals surface area contributed by atoms with E-state index in [9.17, 15) is 18.0 Å². The molecule has 0 amide bonds. The van der Waals surface area contributed by atoms with E-state index in [1.54, 1.807) is 27.5 Å². The van der Waals surface area contributed by atoms with Crippen molar-refractivity contribution >= 4 is 26.7 Å². The van der Waals surface area contributed by atoms with Crippen molar-refractivity contribution < 1.29 is 13.2 Å². The van der Waals surface area contributed by atoms with Crippen LogP contribution in [-0.4, -0.2) is 39.8 Å². The predicted octanol–water partition coefficient (Wildman–Crippen LogP) is 3.78. The van der Waals surface area contributed by atoms with E-state index in [0.29, 0.717) is 17.5 Å². The second kappa shape index (κ2) is 7.69. The molecule has 0 spiro atoms. The van der Waals surface area contributed by atoms with Crippen molar-refractivity contribution in [2.24, 2.45) is 5.41 Å². The number of aromatic nitrogens is 3. The lowest BCUT2D eigenvalue weighted by Gasteiger charge is -2.20. The number of ketones is 1. The van der Waals surface area contributed by atoms with Gasteiger partial charge in [0.15, 0.2) is 15.6 Å². The number of fused-ring (bicyclic) bond motifs is 1. The summed E-state index contributed by atoms with van der Waals surface area (Å²) in [6, 6.07) is 7.11. The first-order valence-electron chi connectivity index (χ1n) is 10.8. The monoisotopic (exact) mass is 455 g/mol. The maximum atomic E-state index is 13.4. The number of hydrogen-bond acceptors (Lipinski definition) is 5. The maximum Gasteiger partial charge on any atom is 0.333 e. The highest BCUT2D eigenvalue weighted by Crippen LogP contribution is 2.36. The fraction of sp³-hybridized carbons (Fsp3) is 0.458. The summed E-state index contributed by atoms with van der Waals surface area (Å²) in [5, 5.41) is 0. The first-order valence-corrected chi connectivity index (χ1v) is 12.7. The van der Waals surface area contributed by atoms with Crippen LogP contribution in [0.15, 0.2) is 35.3 Å². The maximum absolute atomic E-state index is 13.4. The van der Waals surface area contributed by atoms with E-state index in [4.69, 9.17) is 0 Å². The predicted molar refractivity (Wildman–Crippen MR) is 126 cm³/mol. The molecule has 1 aromatic carbocycles. The zero-order valence-electron chi connectivity index (χ0n) is 19.2. The van der Waals surface area contributed by atoms with Crippen LogP contribution in [0.4, 0.5) is 0 Å². The Balaban J connectivity index is 1.83. The van der Waals surface area contributed by atoms with Gasteiger partial charge in [0.1, 0.15) is 0 Å². The molecule has 3 aromatic rings. The van der Waals surface area contributed by atoms with E-state index in [-0.39, 0.29) is 35.4 Å². The number of hydrogen-bond donors (Lipinski definition) is 0. The SMILES string of the molecule is Cc1cc(-n2c(=O)n(C(C)C)c3cc(C(=O)C[C@]4(C)CCS(=O)(=O)C4)ccc32)c(C)cn1. The minimum absolute atomic E-state index is 0.0434.